The zero-order valence-corrected chi connectivity index (χ0v) is 12.6. The number of hydrogen-bond donors (Lipinski definition) is 0. The van der Waals surface area contributed by atoms with Gasteiger partial charge in [0, 0.05) is 6.42 Å². The van der Waals surface area contributed by atoms with E-state index < -0.39 is 0 Å². The molecule has 0 fully saturated rings. The molecule has 0 amide bonds. The van der Waals surface area contributed by atoms with Crippen LogP contribution >= 0.6 is 0 Å². The van der Waals surface area contributed by atoms with Gasteiger partial charge >= 0.3 is 0 Å². The summed E-state index contributed by atoms with van der Waals surface area (Å²) < 4.78 is 5.59. The van der Waals surface area contributed by atoms with Crippen molar-refractivity contribution in [2.24, 2.45) is 4.99 Å². The van der Waals surface area contributed by atoms with Gasteiger partial charge in [0.15, 0.2) is 5.90 Å². The van der Waals surface area contributed by atoms with Crippen LogP contribution in [0.25, 0.3) is 0 Å². The fourth-order valence-corrected chi connectivity index (χ4v) is 2.38. The van der Waals surface area contributed by atoms with E-state index in [9.17, 15) is 0 Å². The molecule has 1 aliphatic rings. The number of ether oxygens (including phenoxy) is 1. The minimum absolute atomic E-state index is 0.0224. The molecule has 0 spiro atoms. The van der Waals surface area contributed by atoms with Crippen molar-refractivity contribution in [3.05, 3.63) is 0 Å². The SMILES string of the molecule is CCCCCCCCCCCC1=NC(C)(C)CO1. The van der Waals surface area contributed by atoms with Crippen LogP contribution in [-0.4, -0.2) is 18.0 Å². The van der Waals surface area contributed by atoms with Gasteiger partial charge in [-0.2, -0.15) is 0 Å². The highest BCUT2D eigenvalue weighted by Crippen LogP contribution is 2.19. The summed E-state index contributed by atoms with van der Waals surface area (Å²) in [6, 6.07) is 0. The third-order valence-electron chi connectivity index (χ3n) is 3.51. The number of nitrogens with zero attached hydrogens (tertiary/aromatic N) is 1. The molecule has 0 N–H and O–H groups in total. The van der Waals surface area contributed by atoms with E-state index in [-0.39, 0.29) is 5.54 Å². The molecule has 0 atom stereocenters. The molecule has 1 heterocycles. The molecule has 18 heavy (non-hydrogen) atoms. The molecule has 0 aliphatic carbocycles. The second kappa shape index (κ2) is 8.55. The Hall–Kier alpha value is -0.530. The van der Waals surface area contributed by atoms with Gasteiger partial charge in [-0.15, -0.1) is 0 Å². The zero-order valence-electron chi connectivity index (χ0n) is 12.6. The highest BCUT2D eigenvalue weighted by atomic mass is 16.5. The molecule has 0 bridgehead atoms. The molecular formula is C16H31NO. The molecule has 2 nitrogen and oxygen atoms in total. The van der Waals surface area contributed by atoms with Gasteiger partial charge < -0.3 is 4.74 Å². The van der Waals surface area contributed by atoms with Gasteiger partial charge in [-0.3, -0.25) is 0 Å². The average molecular weight is 253 g/mol. The minimum Gasteiger partial charge on any atom is -0.478 e. The molecular weight excluding hydrogens is 222 g/mol. The molecule has 106 valence electrons. The van der Waals surface area contributed by atoms with Crippen molar-refractivity contribution in [2.75, 3.05) is 6.61 Å². The second-order valence-electron chi connectivity index (χ2n) is 6.19. The maximum atomic E-state index is 5.59. The monoisotopic (exact) mass is 253 g/mol. The van der Waals surface area contributed by atoms with Gasteiger partial charge in [0.1, 0.15) is 6.61 Å². The molecule has 1 aliphatic heterocycles. The highest BCUT2D eigenvalue weighted by molar-refractivity contribution is 5.78. The molecule has 0 aromatic rings. The Kier molecular flexibility index (Phi) is 7.38. The van der Waals surface area contributed by atoms with Crippen LogP contribution in [0.4, 0.5) is 0 Å². The summed E-state index contributed by atoms with van der Waals surface area (Å²) in [6.07, 6.45) is 13.4. The van der Waals surface area contributed by atoms with Gasteiger partial charge in [0.25, 0.3) is 0 Å². The average Bonchev–Trinajstić information content (AvgIpc) is 2.67. The van der Waals surface area contributed by atoms with E-state index in [1.165, 1.54) is 57.8 Å². The first kappa shape index (κ1) is 15.5. The fourth-order valence-electron chi connectivity index (χ4n) is 2.38. The maximum absolute atomic E-state index is 5.59. The summed E-state index contributed by atoms with van der Waals surface area (Å²) in [4.78, 5) is 4.58. The first-order valence-electron chi connectivity index (χ1n) is 7.85. The third-order valence-corrected chi connectivity index (χ3v) is 3.51. The Bertz CT molecular complexity index is 245. The molecule has 0 aromatic heterocycles. The van der Waals surface area contributed by atoms with Gasteiger partial charge in [-0.25, -0.2) is 4.99 Å². The highest BCUT2D eigenvalue weighted by Gasteiger charge is 2.25. The summed E-state index contributed by atoms with van der Waals surface area (Å²) in [7, 11) is 0. The lowest BCUT2D eigenvalue weighted by Gasteiger charge is -2.07. The first-order valence-corrected chi connectivity index (χ1v) is 7.85. The maximum Gasteiger partial charge on any atom is 0.183 e. The van der Waals surface area contributed by atoms with E-state index in [2.05, 4.69) is 25.8 Å². The van der Waals surface area contributed by atoms with E-state index in [4.69, 9.17) is 4.74 Å². The van der Waals surface area contributed by atoms with Gasteiger partial charge in [0.05, 0.1) is 5.54 Å². The van der Waals surface area contributed by atoms with Crippen LogP contribution in [0.3, 0.4) is 0 Å². The number of rotatable bonds is 10. The standard InChI is InChI=1S/C16H31NO/c1-4-5-6-7-8-9-10-11-12-13-15-17-16(2,3)14-18-15/h4-14H2,1-3H3. The summed E-state index contributed by atoms with van der Waals surface area (Å²) in [5, 5.41) is 0. The van der Waals surface area contributed by atoms with Gasteiger partial charge in [-0.1, -0.05) is 58.3 Å². The van der Waals surface area contributed by atoms with E-state index in [1.54, 1.807) is 0 Å². The smallest absolute Gasteiger partial charge is 0.183 e. The van der Waals surface area contributed by atoms with Crippen molar-refractivity contribution < 1.29 is 4.74 Å². The van der Waals surface area contributed by atoms with Gasteiger partial charge in [0.2, 0.25) is 0 Å². The topological polar surface area (TPSA) is 21.6 Å². The molecule has 0 aromatic carbocycles. The summed E-state index contributed by atoms with van der Waals surface area (Å²) >= 11 is 0. The summed E-state index contributed by atoms with van der Waals surface area (Å²) in [5.41, 5.74) is 0.0224. The van der Waals surface area contributed by atoms with E-state index in [0.717, 1.165) is 18.9 Å². The summed E-state index contributed by atoms with van der Waals surface area (Å²) in [5.74, 6) is 0.989. The van der Waals surface area contributed by atoms with Crippen LogP contribution in [0, 0.1) is 0 Å². The van der Waals surface area contributed by atoms with Crippen LogP contribution in [0.1, 0.15) is 85.0 Å². The Labute approximate surface area is 113 Å². The predicted molar refractivity (Wildman–Crippen MR) is 79.3 cm³/mol. The molecule has 0 saturated carbocycles. The van der Waals surface area contributed by atoms with Crippen molar-refractivity contribution in [3.8, 4) is 0 Å². The van der Waals surface area contributed by atoms with E-state index in [0.29, 0.717) is 0 Å². The largest absolute Gasteiger partial charge is 0.478 e. The summed E-state index contributed by atoms with van der Waals surface area (Å²) in [6.45, 7) is 7.31. The van der Waals surface area contributed by atoms with E-state index >= 15 is 0 Å². The number of unbranched alkanes of at least 4 members (excludes halogenated alkanes) is 8. The van der Waals surface area contributed by atoms with Crippen LogP contribution in [0.5, 0.6) is 0 Å². The lowest BCUT2D eigenvalue weighted by molar-refractivity contribution is 0.273. The molecule has 1 rings (SSSR count). The van der Waals surface area contributed by atoms with Crippen LogP contribution in [0.15, 0.2) is 4.99 Å². The van der Waals surface area contributed by atoms with Crippen molar-refractivity contribution in [1.29, 1.82) is 0 Å². The second-order valence-corrected chi connectivity index (χ2v) is 6.19. The third kappa shape index (κ3) is 7.03. The predicted octanol–water partition coefficient (Wildman–Crippen LogP) is 5.11. The fraction of sp³-hybridized carbons (Fsp3) is 0.938. The Morgan fingerprint density at radius 1 is 0.944 bits per heavy atom. The lowest BCUT2D eigenvalue weighted by atomic mass is 10.1. The van der Waals surface area contributed by atoms with Crippen molar-refractivity contribution >= 4 is 5.90 Å². The van der Waals surface area contributed by atoms with Crippen LogP contribution in [-0.2, 0) is 4.74 Å². The van der Waals surface area contributed by atoms with Crippen molar-refractivity contribution in [1.82, 2.24) is 0 Å². The molecule has 0 radical (unpaired) electrons. The Morgan fingerprint density at radius 3 is 2.00 bits per heavy atom. The Balaban J connectivity index is 1.87. The quantitative estimate of drug-likeness (QED) is 0.495. The first-order chi connectivity index (χ1) is 8.64. The number of aliphatic imine (C=N–C) groups is 1. The number of hydrogen-bond acceptors (Lipinski definition) is 2. The van der Waals surface area contributed by atoms with Gasteiger partial charge in [-0.05, 0) is 20.3 Å². The van der Waals surface area contributed by atoms with Crippen LogP contribution in [0.2, 0.25) is 0 Å². The Morgan fingerprint density at radius 2 is 1.50 bits per heavy atom. The normalized spacial score (nSPS) is 17.6. The molecule has 0 unspecified atom stereocenters. The van der Waals surface area contributed by atoms with E-state index in [1.807, 2.05) is 0 Å². The van der Waals surface area contributed by atoms with Crippen molar-refractivity contribution in [2.45, 2.75) is 90.5 Å². The molecule has 0 saturated heterocycles. The minimum atomic E-state index is 0.0224. The molecule has 2 heteroatoms. The van der Waals surface area contributed by atoms with Crippen molar-refractivity contribution in [3.63, 3.8) is 0 Å². The zero-order chi connectivity index (χ0) is 13.3. The van der Waals surface area contributed by atoms with Crippen LogP contribution < -0.4 is 0 Å². The lowest BCUT2D eigenvalue weighted by Crippen LogP contribution is -2.17.